The fraction of sp³-hybridized carbons (Fsp3) is 0.0250. The Morgan fingerprint density at radius 3 is 1.67 bits per heavy atom. The first kappa shape index (κ1) is 30.1. The van der Waals surface area contributed by atoms with Gasteiger partial charge in [-0.25, -0.2) is 23.7 Å². The number of para-hydroxylation sites is 1. The summed E-state index contributed by atoms with van der Waals surface area (Å²) < 4.78 is 74.4. The second-order valence-corrected chi connectivity index (χ2v) is 11.4. The molecule has 6 aromatic carbocycles. The van der Waals surface area contributed by atoms with Gasteiger partial charge in [-0.3, -0.25) is 0 Å². The van der Waals surface area contributed by atoms with Gasteiger partial charge in [0.05, 0.1) is 27.8 Å². The van der Waals surface area contributed by atoms with Crippen molar-refractivity contribution in [3.63, 3.8) is 0 Å². The molecule has 9 heteroatoms. The van der Waals surface area contributed by atoms with Gasteiger partial charge < -0.3 is 4.57 Å². The van der Waals surface area contributed by atoms with Crippen LogP contribution in [0.25, 0.3) is 72.8 Å². The molecule has 0 fully saturated rings. The first-order chi connectivity index (χ1) is 23.8. The first-order valence-corrected chi connectivity index (χ1v) is 15.3. The average Bonchev–Trinajstić information content (AvgIpc) is 3.45. The van der Waals surface area contributed by atoms with Crippen LogP contribution in [-0.2, 0) is 6.18 Å². The summed E-state index contributed by atoms with van der Waals surface area (Å²) in [5.41, 5.74) is 2.12. The van der Waals surface area contributed by atoms with E-state index in [4.69, 9.17) is 15.0 Å². The zero-order valence-corrected chi connectivity index (χ0v) is 25.5. The summed E-state index contributed by atoms with van der Waals surface area (Å²) in [6.45, 7) is 0. The van der Waals surface area contributed by atoms with Crippen LogP contribution in [-0.4, -0.2) is 19.5 Å². The van der Waals surface area contributed by atoms with E-state index in [1.807, 2.05) is 66.7 Å². The third-order valence-electron chi connectivity index (χ3n) is 8.43. The Bertz CT molecular complexity index is 2430. The number of halogens is 5. The molecule has 0 amide bonds. The van der Waals surface area contributed by atoms with Crippen LogP contribution in [0.2, 0.25) is 0 Å². The fourth-order valence-electron chi connectivity index (χ4n) is 6.17. The van der Waals surface area contributed by atoms with Crippen LogP contribution >= 0.6 is 0 Å². The molecule has 0 aliphatic rings. The quantitative estimate of drug-likeness (QED) is 0.174. The molecule has 0 radical (unpaired) electrons. The van der Waals surface area contributed by atoms with Crippen LogP contribution in [0, 0.1) is 11.6 Å². The highest BCUT2D eigenvalue weighted by Gasteiger charge is 2.31. The Kier molecular flexibility index (Phi) is 7.25. The van der Waals surface area contributed by atoms with Gasteiger partial charge in [-0.15, -0.1) is 0 Å². The number of nitrogens with zero attached hydrogens (tertiary/aromatic N) is 4. The number of hydrogen-bond donors (Lipinski definition) is 0. The van der Waals surface area contributed by atoms with Crippen molar-refractivity contribution in [2.24, 2.45) is 0 Å². The molecule has 0 N–H and O–H groups in total. The van der Waals surface area contributed by atoms with Crippen molar-refractivity contribution in [1.82, 2.24) is 19.5 Å². The van der Waals surface area contributed by atoms with E-state index in [1.54, 1.807) is 41.0 Å². The van der Waals surface area contributed by atoms with E-state index in [2.05, 4.69) is 0 Å². The summed E-state index contributed by atoms with van der Waals surface area (Å²) in [6.07, 6.45) is -4.61. The van der Waals surface area contributed by atoms with E-state index in [-0.39, 0.29) is 22.5 Å². The van der Waals surface area contributed by atoms with Crippen LogP contribution in [0.4, 0.5) is 22.0 Å². The van der Waals surface area contributed by atoms with Crippen molar-refractivity contribution in [2.45, 2.75) is 6.18 Å². The van der Waals surface area contributed by atoms with Gasteiger partial charge in [0.2, 0.25) is 0 Å². The molecule has 0 aliphatic carbocycles. The number of alkyl halides is 3. The second kappa shape index (κ2) is 11.8. The van der Waals surface area contributed by atoms with E-state index < -0.39 is 23.4 Å². The van der Waals surface area contributed by atoms with Gasteiger partial charge in [0.15, 0.2) is 17.5 Å². The molecule has 8 rings (SSSR count). The van der Waals surface area contributed by atoms with E-state index in [1.165, 1.54) is 12.1 Å². The lowest BCUT2D eigenvalue weighted by Gasteiger charge is -2.17. The van der Waals surface area contributed by atoms with Gasteiger partial charge in [-0.2, -0.15) is 13.2 Å². The predicted molar refractivity (Wildman–Crippen MR) is 181 cm³/mol. The Hall–Kier alpha value is -6.22. The van der Waals surface area contributed by atoms with Crippen LogP contribution in [0.5, 0.6) is 0 Å². The molecule has 0 spiro atoms. The van der Waals surface area contributed by atoms with E-state index in [0.717, 1.165) is 35.4 Å². The predicted octanol–water partition coefficient (Wildman–Crippen LogP) is 10.9. The molecule has 0 unspecified atom stereocenters. The fourth-order valence-corrected chi connectivity index (χ4v) is 6.17. The highest BCUT2D eigenvalue weighted by Crippen LogP contribution is 2.41. The maximum atomic E-state index is 15.2. The van der Waals surface area contributed by atoms with Crippen molar-refractivity contribution >= 4 is 21.8 Å². The topological polar surface area (TPSA) is 43.6 Å². The van der Waals surface area contributed by atoms with Gasteiger partial charge in [0.1, 0.15) is 11.6 Å². The summed E-state index contributed by atoms with van der Waals surface area (Å²) in [6, 6.07) is 37.8. The van der Waals surface area contributed by atoms with Gasteiger partial charge in [-0.05, 0) is 48.0 Å². The molecule has 0 saturated heterocycles. The molecule has 2 heterocycles. The standard InChI is InChI=1S/C40H23F5N4/c41-31-15-9-16-32(42)36(31)26-18-20-30(39-47-37(24-10-3-1-4-11-24)46-38(48-39)25-12-5-2-6-13-25)34(22-26)49-33-17-8-7-14-28(33)29-21-19-27(23-35(29)49)40(43,44)45/h1-23H. The highest BCUT2D eigenvalue weighted by molar-refractivity contribution is 6.10. The van der Waals surface area contributed by atoms with Crippen molar-refractivity contribution < 1.29 is 22.0 Å². The Balaban J connectivity index is 1.49. The van der Waals surface area contributed by atoms with Crippen LogP contribution < -0.4 is 0 Å². The lowest BCUT2D eigenvalue weighted by Crippen LogP contribution is -2.06. The molecule has 2 aromatic heterocycles. The Morgan fingerprint density at radius 2 is 1.04 bits per heavy atom. The van der Waals surface area contributed by atoms with Crippen molar-refractivity contribution in [1.29, 1.82) is 0 Å². The third-order valence-corrected chi connectivity index (χ3v) is 8.43. The molecule has 0 bridgehead atoms. The molecular weight excluding hydrogens is 631 g/mol. The van der Waals surface area contributed by atoms with E-state index in [0.29, 0.717) is 39.2 Å². The van der Waals surface area contributed by atoms with Crippen LogP contribution in [0.3, 0.4) is 0 Å². The maximum Gasteiger partial charge on any atom is 0.416 e. The number of aromatic nitrogens is 4. The van der Waals surface area contributed by atoms with E-state index >= 15 is 8.78 Å². The average molecular weight is 655 g/mol. The van der Waals surface area contributed by atoms with Crippen molar-refractivity contribution in [3.05, 3.63) is 157 Å². The SMILES string of the molecule is Fc1cccc(F)c1-c1ccc(-c2nc(-c3ccccc3)nc(-c3ccccc3)n2)c(-n2c3ccccc3c3ccc(C(F)(F)F)cc32)c1. The summed E-state index contributed by atoms with van der Waals surface area (Å²) in [5.74, 6) is -0.583. The molecular formula is C40H23F5N4. The molecule has 4 nitrogen and oxygen atoms in total. The monoisotopic (exact) mass is 654 g/mol. The molecule has 0 atom stereocenters. The van der Waals surface area contributed by atoms with Gasteiger partial charge in [0, 0.05) is 27.5 Å². The van der Waals surface area contributed by atoms with Gasteiger partial charge in [-0.1, -0.05) is 97.1 Å². The molecule has 49 heavy (non-hydrogen) atoms. The maximum absolute atomic E-state index is 15.2. The third kappa shape index (κ3) is 5.39. The molecule has 0 saturated carbocycles. The number of benzene rings is 6. The zero-order valence-electron chi connectivity index (χ0n) is 25.5. The van der Waals surface area contributed by atoms with E-state index in [9.17, 15) is 13.2 Å². The summed E-state index contributed by atoms with van der Waals surface area (Å²) in [4.78, 5) is 14.5. The highest BCUT2D eigenvalue weighted by atomic mass is 19.4. The van der Waals surface area contributed by atoms with Gasteiger partial charge in [0.25, 0.3) is 0 Å². The lowest BCUT2D eigenvalue weighted by molar-refractivity contribution is -0.137. The largest absolute Gasteiger partial charge is 0.416 e. The number of rotatable bonds is 5. The number of hydrogen-bond acceptors (Lipinski definition) is 3. The van der Waals surface area contributed by atoms with Gasteiger partial charge >= 0.3 is 6.18 Å². The smallest absolute Gasteiger partial charge is 0.308 e. The normalized spacial score (nSPS) is 11.8. The minimum atomic E-state index is -4.61. The minimum absolute atomic E-state index is 0.188. The first-order valence-electron chi connectivity index (χ1n) is 15.3. The molecule has 238 valence electrons. The molecule has 8 aromatic rings. The van der Waals surface area contributed by atoms with Crippen molar-refractivity contribution in [2.75, 3.05) is 0 Å². The summed E-state index contributed by atoms with van der Waals surface area (Å²) in [5, 5.41) is 1.27. The second-order valence-electron chi connectivity index (χ2n) is 11.4. The zero-order chi connectivity index (χ0) is 33.7. The van der Waals surface area contributed by atoms with Crippen LogP contribution in [0.15, 0.2) is 140 Å². The number of fused-ring (bicyclic) bond motifs is 3. The lowest BCUT2D eigenvalue weighted by atomic mass is 10.00. The Morgan fingerprint density at radius 1 is 0.469 bits per heavy atom. The Labute approximate surface area is 276 Å². The molecule has 0 aliphatic heterocycles. The van der Waals surface area contributed by atoms with Crippen molar-refractivity contribution in [3.8, 4) is 51.0 Å². The van der Waals surface area contributed by atoms with Crippen LogP contribution in [0.1, 0.15) is 5.56 Å². The summed E-state index contributed by atoms with van der Waals surface area (Å²) >= 11 is 0. The summed E-state index contributed by atoms with van der Waals surface area (Å²) in [7, 11) is 0. The minimum Gasteiger partial charge on any atom is -0.308 e.